The minimum absolute atomic E-state index is 0.0866. The van der Waals surface area contributed by atoms with Crippen LogP contribution in [0.1, 0.15) is 35.3 Å². The Balaban J connectivity index is 2.27. The summed E-state index contributed by atoms with van der Waals surface area (Å²) < 4.78 is 0. The molecule has 16 heavy (non-hydrogen) atoms. The molecule has 0 unspecified atom stereocenters. The number of aliphatic hydroxyl groups excluding tert-OH is 1. The van der Waals surface area contributed by atoms with Crippen molar-refractivity contribution in [2.24, 2.45) is 0 Å². The number of amides is 1. The zero-order valence-electron chi connectivity index (χ0n) is 9.57. The van der Waals surface area contributed by atoms with Gasteiger partial charge in [0.25, 0.3) is 5.91 Å². The summed E-state index contributed by atoms with van der Waals surface area (Å²) in [7, 11) is 0. The fraction of sp³-hybridized carbons (Fsp3) is 0.500. The first-order valence-electron chi connectivity index (χ1n) is 5.56. The molecule has 4 nitrogen and oxygen atoms in total. The average molecular weight is 222 g/mol. The van der Waals surface area contributed by atoms with E-state index in [0.717, 1.165) is 25.0 Å². The van der Waals surface area contributed by atoms with Crippen LogP contribution in [0.4, 0.5) is 0 Å². The molecule has 0 aliphatic rings. The molecular weight excluding hydrogens is 204 g/mol. The number of aromatic nitrogens is 1. The zero-order chi connectivity index (χ0) is 11.8. The lowest BCUT2D eigenvalue weighted by Gasteiger charge is -2.04. The highest BCUT2D eigenvalue weighted by Gasteiger charge is 2.03. The number of carbonyl (C=O) groups excluding carboxylic acids is 1. The van der Waals surface area contributed by atoms with Gasteiger partial charge in [0.05, 0.1) is 5.56 Å². The fourth-order valence-corrected chi connectivity index (χ4v) is 1.32. The van der Waals surface area contributed by atoms with Crippen molar-refractivity contribution in [1.29, 1.82) is 0 Å². The predicted molar refractivity (Wildman–Crippen MR) is 62.2 cm³/mol. The van der Waals surface area contributed by atoms with Gasteiger partial charge in [0, 0.05) is 25.0 Å². The van der Waals surface area contributed by atoms with E-state index in [1.54, 1.807) is 12.3 Å². The molecule has 0 radical (unpaired) electrons. The van der Waals surface area contributed by atoms with E-state index in [-0.39, 0.29) is 12.5 Å². The Labute approximate surface area is 95.7 Å². The van der Waals surface area contributed by atoms with Crippen LogP contribution in [0.25, 0.3) is 0 Å². The summed E-state index contributed by atoms with van der Waals surface area (Å²) in [5.74, 6) is -0.0866. The first kappa shape index (κ1) is 12.6. The van der Waals surface area contributed by atoms with Crippen molar-refractivity contribution in [3.8, 4) is 0 Å². The number of nitrogens with zero attached hydrogens (tertiary/aromatic N) is 1. The Morgan fingerprint density at radius 2 is 2.19 bits per heavy atom. The van der Waals surface area contributed by atoms with E-state index in [1.165, 1.54) is 0 Å². The molecule has 0 saturated heterocycles. The number of hydrogen-bond donors (Lipinski definition) is 2. The minimum atomic E-state index is -0.0866. The maximum atomic E-state index is 11.6. The quantitative estimate of drug-likeness (QED) is 0.713. The van der Waals surface area contributed by atoms with Crippen LogP contribution in [0.5, 0.6) is 0 Å². The molecule has 2 N–H and O–H groups in total. The number of pyridine rings is 1. The maximum Gasteiger partial charge on any atom is 0.252 e. The van der Waals surface area contributed by atoms with E-state index in [1.807, 2.05) is 13.0 Å². The molecule has 1 aromatic rings. The van der Waals surface area contributed by atoms with Crippen LogP contribution in [0, 0.1) is 6.92 Å². The number of nitrogens with one attached hydrogen (secondary N) is 1. The maximum absolute atomic E-state index is 11.6. The van der Waals surface area contributed by atoms with Crippen LogP contribution >= 0.6 is 0 Å². The van der Waals surface area contributed by atoms with E-state index in [9.17, 15) is 4.79 Å². The number of rotatable bonds is 6. The summed E-state index contributed by atoms with van der Waals surface area (Å²) in [6, 6.07) is 3.59. The lowest BCUT2D eigenvalue weighted by Crippen LogP contribution is -2.24. The van der Waals surface area contributed by atoms with Gasteiger partial charge in [0.15, 0.2) is 0 Å². The molecule has 88 valence electrons. The van der Waals surface area contributed by atoms with Crippen molar-refractivity contribution >= 4 is 5.91 Å². The van der Waals surface area contributed by atoms with Crippen molar-refractivity contribution in [1.82, 2.24) is 10.3 Å². The van der Waals surface area contributed by atoms with Gasteiger partial charge in [-0.15, -0.1) is 0 Å². The van der Waals surface area contributed by atoms with Crippen LogP contribution < -0.4 is 5.32 Å². The van der Waals surface area contributed by atoms with E-state index in [4.69, 9.17) is 5.11 Å². The van der Waals surface area contributed by atoms with Gasteiger partial charge >= 0.3 is 0 Å². The molecule has 4 heteroatoms. The van der Waals surface area contributed by atoms with E-state index < -0.39 is 0 Å². The first-order valence-corrected chi connectivity index (χ1v) is 5.56. The molecule has 0 saturated carbocycles. The third-order valence-electron chi connectivity index (χ3n) is 2.29. The molecule has 1 heterocycles. The van der Waals surface area contributed by atoms with Crippen molar-refractivity contribution < 1.29 is 9.90 Å². The summed E-state index contributed by atoms with van der Waals surface area (Å²) in [5.41, 5.74) is 1.49. The summed E-state index contributed by atoms with van der Waals surface area (Å²) >= 11 is 0. The van der Waals surface area contributed by atoms with E-state index in [0.29, 0.717) is 12.1 Å². The first-order chi connectivity index (χ1) is 7.74. The Bertz CT molecular complexity index is 322. The number of hydrogen-bond acceptors (Lipinski definition) is 3. The largest absolute Gasteiger partial charge is 0.396 e. The molecular formula is C12H18N2O2. The smallest absolute Gasteiger partial charge is 0.252 e. The molecule has 0 bridgehead atoms. The van der Waals surface area contributed by atoms with Gasteiger partial charge < -0.3 is 10.4 Å². The van der Waals surface area contributed by atoms with Crippen molar-refractivity contribution in [3.05, 3.63) is 29.6 Å². The van der Waals surface area contributed by atoms with E-state index >= 15 is 0 Å². The number of carbonyl (C=O) groups is 1. The monoisotopic (exact) mass is 222 g/mol. The normalized spacial score (nSPS) is 10.1. The third-order valence-corrected chi connectivity index (χ3v) is 2.29. The molecule has 1 rings (SSSR count). The fourth-order valence-electron chi connectivity index (χ4n) is 1.32. The Morgan fingerprint density at radius 1 is 1.38 bits per heavy atom. The summed E-state index contributed by atoms with van der Waals surface area (Å²) in [4.78, 5) is 15.7. The molecule has 0 atom stereocenters. The van der Waals surface area contributed by atoms with Crippen molar-refractivity contribution in [2.75, 3.05) is 13.2 Å². The molecule has 0 fully saturated rings. The van der Waals surface area contributed by atoms with E-state index in [2.05, 4.69) is 10.3 Å². The lowest BCUT2D eigenvalue weighted by atomic mass is 10.2. The lowest BCUT2D eigenvalue weighted by molar-refractivity contribution is 0.0952. The summed E-state index contributed by atoms with van der Waals surface area (Å²) in [6.45, 7) is 2.75. The summed E-state index contributed by atoms with van der Waals surface area (Å²) in [5, 5.41) is 11.4. The van der Waals surface area contributed by atoms with Gasteiger partial charge in [0.2, 0.25) is 0 Å². The van der Waals surface area contributed by atoms with Gasteiger partial charge in [-0.2, -0.15) is 0 Å². The van der Waals surface area contributed by atoms with Crippen LogP contribution in [-0.4, -0.2) is 29.1 Å². The van der Waals surface area contributed by atoms with Gasteiger partial charge in [-0.1, -0.05) is 0 Å². The SMILES string of the molecule is Cc1ccc(C(=O)NCCCCCO)cn1. The van der Waals surface area contributed by atoms with Gasteiger partial charge in [-0.05, 0) is 38.3 Å². The average Bonchev–Trinajstić information content (AvgIpc) is 2.29. The number of aliphatic hydroxyl groups is 1. The van der Waals surface area contributed by atoms with Gasteiger partial charge in [-0.3, -0.25) is 9.78 Å². The highest BCUT2D eigenvalue weighted by atomic mass is 16.2. The second-order valence-electron chi connectivity index (χ2n) is 3.73. The highest BCUT2D eigenvalue weighted by Crippen LogP contribution is 1.99. The molecule has 1 aromatic heterocycles. The van der Waals surface area contributed by atoms with Gasteiger partial charge in [0.1, 0.15) is 0 Å². The second-order valence-corrected chi connectivity index (χ2v) is 3.73. The molecule has 0 aliphatic carbocycles. The van der Waals surface area contributed by atoms with Crippen LogP contribution in [0.15, 0.2) is 18.3 Å². The topological polar surface area (TPSA) is 62.2 Å². The third kappa shape index (κ3) is 4.40. The Hall–Kier alpha value is -1.42. The highest BCUT2D eigenvalue weighted by molar-refractivity contribution is 5.93. The van der Waals surface area contributed by atoms with Crippen LogP contribution in [-0.2, 0) is 0 Å². The van der Waals surface area contributed by atoms with Crippen molar-refractivity contribution in [3.63, 3.8) is 0 Å². The second kappa shape index (κ2) is 6.95. The molecule has 0 aromatic carbocycles. The standard InChI is InChI=1S/C12H18N2O2/c1-10-5-6-11(9-14-10)12(16)13-7-3-2-4-8-15/h5-6,9,15H,2-4,7-8H2,1H3,(H,13,16). The van der Waals surface area contributed by atoms with Gasteiger partial charge in [-0.25, -0.2) is 0 Å². The molecule has 1 amide bonds. The minimum Gasteiger partial charge on any atom is -0.396 e. The Kier molecular flexibility index (Phi) is 5.50. The van der Waals surface area contributed by atoms with Crippen LogP contribution in [0.3, 0.4) is 0 Å². The Morgan fingerprint density at radius 3 is 2.81 bits per heavy atom. The summed E-state index contributed by atoms with van der Waals surface area (Å²) in [6.07, 6.45) is 4.20. The van der Waals surface area contributed by atoms with Crippen molar-refractivity contribution in [2.45, 2.75) is 26.2 Å². The molecule has 0 spiro atoms. The van der Waals surface area contributed by atoms with Crippen LogP contribution in [0.2, 0.25) is 0 Å². The number of aryl methyl sites for hydroxylation is 1. The number of unbranched alkanes of at least 4 members (excludes halogenated alkanes) is 2. The predicted octanol–water partition coefficient (Wildman–Crippen LogP) is 1.28. The molecule has 0 aliphatic heterocycles. The zero-order valence-corrected chi connectivity index (χ0v) is 9.57.